The van der Waals surface area contributed by atoms with E-state index >= 15 is 0 Å². The number of nitrogens with zero attached hydrogens (tertiary/aromatic N) is 1. The monoisotopic (exact) mass is 407 g/mol. The van der Waals surface area contributed by atoms with E-state index in [1.54, 1.807) is 37.3 Å². The maximum atomic E-state index is 13.1. The smallest absolute Gasteiger partial charge is 0.340 e. The predicted octanol–water partition coefficient (Wildman–Crippen LogP) is 2.69. The van der Waals surface area contributed by atoms with E-state index in [0.717, 1.165) is 0 Å². The number of nitro groups is 1. The second-order valence-electron chi connectivity index (χ2n) is 6.59. The molecule has 1 aromatic heterocycles. The van der Waals surface area contributed by atoms with E-state index < -0.39 is 22.4 Å². The van der Waals surface area contributed by atoms with Crippen molar-refractivity contribution in [3.63, 3.8) is 0 Å². The van der Waals surface area contributed by atoms with Gasteiger partial charge in [0, 0.05) is 17.0 Å². The molecule has 0 aliphatic carbocycles. The molecule has 0 fully saturated rings. The topological polar surface area (TPSA) is 138 Å². The molecule has 3 N–H and O–H groups in total. The number of hydrogen-bond donors (Lipinski definition) is 2. The Morgan fingerprint density at radius 1 is 1.23 bits per heavy atom. The second kappa shape index (κ2) is 7.36. The number of rotatable bonds is 4. The van der Waals surface area contributed by atoms with Gasteiger partial charge in [-0.1, -0.05) is 30.3 Å². The summed E-state index contributed by atoms with van der Waals surface area (Å²) in [7, 11) is 0. The molecule has 1 aliphatic rings. The number of nitro benzene ring substituents is 1. The van der Waals surface area contributed by atoms with Gasteiger partial charge in [-0.3, -0.25) is 14.9 Å². The van der Waals surface area contributed by atoms with Crippen molar-refractivity contribution in [1.82, 2.24) is 4.98 Å². The molecule has 0 spiro atoms. The van der Waals surface area contributed by atoms with Crippen LogP contribution in [0.2, 0.25) is 0 Å². The minimum atomic E-state index is -1.14. The van der Waals surface area contributed by atoms with Crippen LogP contribution >= 0.6 is 0 Å². The van der Waals surface area contributed by atoms with Gasteiger partial charge >= 0.3 is 5.97 Å². The van der Waals surface area contributed by atoms with Crippen LogP contribution in [0.4, 0.5) is 5.69 Å². The lowest BCUT2D eigenvalue weighted by atomic mass is 9.82. The molecule has 0 saturated heterocycles. The number of ether oxygens (including phenoxy) is 2. The van der Waals surface area contributed by atoms with Crippen LogP contribution in [-0.2, 0) is 9.53 Å². The number of para-hydroxylation sites is 2. The Kier molecular flexibility index (Phi) is 4.71. The van der Waals surface area contributed by atoms with Crippen LogP contribution in [0.1, 0.15) is 24.0 Å². The molecule has 4 rings (SSSR count). The summed E-state index contributed by atoms with van der Waals surface area (Å²) in [6.45, 7) is 1.67. The average molecular weight is 407 g/mol. The van der Waals surface area contributed by atoms with E-state index in [2.05, 4.69) is 4.98 Å². The molecule has 0 amide bonds. The van der Waals surface area contributed by atoms with Gasteiger partial charge in [-0.15, -0.1) is 0 Å². The SMILES string of the molecule is CCOC(=O)C1=C(N)Oc2c(c(=O)[nH]c3ccccc23)C1c1ccccc1[N+](=O)[O-]. The first-order valence-electron chi connectivity index (χ1n) is 9.16. The number of esters is 1. The highest BCUT2D eigenvalue weighted by molar-refractivity contribution is 5.95. The largest absolute Gasteiger partial charge is 0.462 e. The van der Waals surface area contributed by atoms with Crippen molar-refractivity contribution < 1.29 is 19.2 Å². The third-order valence-corrected chi connectivity index (χ3v) is 4.90. The number of H-pyrrole nitrogens is 1. The number of nitrogens with one attached hydrogen (secondary N) is 1. The Balaban J connectivity index is 2.10. The van der Waals surface area contributed by atoms with Gasteiger partial charge in [0.15, 0.2) is 0 Å². The standard InChI is InChI=1S/C21H17N3O6/c1-2-29-21(26)17-15(12-8-4-6-10-14(12)24(27)28)16-18(30-19(17)22)11-7-3-5-9-13(11)23-20(16)25/h3-10,15H,2,22H2,1H3,(H,23,25). The van der Waals surface area contributed by atoms with Crippen molar-refractivity contribution >= 4 is 22.6 Å². The Morgan fingerprint density at radius 2 is 1.93 bits per heavy atom. The van der Waals surface area contributed by atoms with Crippen LogP contribution in [-0.4, -0.2) is 22.5 Å². The molecule has 0 saturated carbocycles. The van der Waals surface area contributed by atoms with Crippen LogP contribution < -0.4 is 16.0 Å². The zero-order valence-corrected chi connectivity index (χ0v) is 15.9. The van der Waals surface area contributed by atoms with Gasteiger partial charge in [0.05, 0.1) is 28.5 Å². The zero-order chi connectivity index (χ0) is 21.4. The minimum Gasteiger partial charge on any atom is -0.462 e. The average Bonchev–Trinajstić information content (AvgIpc) is 2.73. The van der Waals surface area contributed by atoms with E-state index in [1.807, 2.05) is 0 Å². The van der Waals surface area contributed by atoms with Gasteiger partial charge in [0.25, 0.3) is 11.2 Å². The summed E-state index contributed by atoms with van der Waals surface area (Å²) in [5, 5.41) is 12.2. The van der Waals surface area contributed by atoms with Crippen molar-refractivity contribution in [2.45, 2.75) is 12.8 Å². The predicted molar refractivity (Wildman–Crippen MR) is 108 cm³/mol. The van der Waals surface area contributed by atoms with E-state index in [9.17, 15) is 19.7 Å². The molecule has 1 atom stereocenters. The summed E-state index contributed by atoms with van der Waals surface area (Å²) in [4.78, 5) is 39.7. The van der Waals surface area contributed by atoms with Crippen molar-refractivity contribution in [3.05, 3.63) is 91.6 Å². The molecule has 2 heterocycles. The number of aromatic nitrogens is 1. The number of hydrogen-bond acceptors (Lipinski definition) is 7. The van der Waals surface area contributed by atoms with E-state index in [4.69, 9.17) is 15.2 Å². The number of benzene rings is 2. The van der Waals surface area contributed by atoms with E-state index in [1.165, 1.54) is 18.2 Å². The maximum absolute atomic E-state index is 13.1. The molecule has 0 radical (unpaired) electrons. The molecule has 3 aromatic rings. The highest BCUT2D eigenvalue weighted by atomic mass is 16.6. The Hall–Kier alpha value is -4.14. The van der Waals surface area contributed by atoms with E-state index in [-0.39, 0.29) is 40.6 Å². The van der Waals surface area contributed by atoms with Crippen molar-refractivity contribution in [1.29, 1.82) is 0 Å². The fourth-order valence-electron chi connectivity index (χ4n) is 3.69. The van der Waals surface area contributed by atoms with Gasteiger partial charge in [-0.25, -0.2) is 4.79 Å². The molecule has 9 nitrogen and oxygen atoms in total. The van der Waals surface area contributed by atoms with Gasteiger partial charge in [0.2, 0.25) is 5.88 Å². The normalized spacial score (nSPS) is 15.4. The second-order valence-corrected chi connectivity index (χ2v) is 6.59. The van der Waals surface area contributed by atoms with Gasteiger partial charge in [-0.2, -0.15) is 0 Å². The molecule has 0 bridgehead atoms. The quantitative estimate of drug-likeness (QED) is 0.385. The third-order valence-electron chi connectivity index (χ3n) is 4.90. The molecule has 2 aromatic carbocycles. The molecular formula is C21H17N3O6. The minimum absolute atomic E-state index is 0.0557. The lowest BCUT2D eigenvalue weighted by Crippen LogP contribution is -2.32. The van der Waals surface area contributed by atoms with Crippen molar-refractivity contribution in [2.75, 3.05) is 6.61 Å². The zero-order valence-electron chi connectivity index (χ0n) is 15.9. The summed E-state index contributed by atoms with van der Waals surface area (Å²) < 4.78 is 10.8. The summed E-state index contributed by atoms with van der Waals surface area (Å²) in [5.74, 6) is -2.05. The first-order valence-corrected chi connectivity index (χ1v) is 9.16. The molecule has 152 valence electrons. The van der Waals surface area contributed by atoms with Crippen molar-refractivity contribution in [2.24, 2.45) is 5.73 Å². The Labute approximate surface area is 169 Å². The molecule has 9 heteroatoms. The molecular weight excluding hydrogens is 390 g/mol. The fourth-order valence-corrected chi connectivity index (χ4v) is 3.69. The van der Waals surface area contributed by atoms with Crippen LogP contribution in [0, 0.1) is 10.1 Å². The first-order chi connectivity index (χ1) is 14.4. The molecule has 1 unspecified atom stereocenters. The highest BCUT2D eigenvalue weighted by Gasteiger charge is 2.41. The summed E-state index contributed by atoms with van der Waals surface area (Å²) >= 11 is 0. The van der Waals surface area contributed by atoms with Gasteiger partial charge < -0.3 is 20.2 Å². The van der Waals surface area contributed by atoms with Crippen LogP contribution in [0.25, 0.3) is 10.9 Å². The maximum Gasteiger partial charge on any atom is 0.340 e. The van der Waals surface area contributed by atoms with E-state index in [0.29, 0.717) is 10.9 Å². The number of fused-ring (bicyclic) bond motifs is 3. The van der Waals surface area contributed by atoms with Crippen LogP contribution in [0.15, 0.2) is 64.8 Å². The number of carbonyl (C=O) groups excluding carboxylic acids is 1. The van der Waals surface area contributed by atoms with Crippen molar-refractivity contribution in [3.8, 4) is 5.75 Å². The third kappa shape index (κ3) is 2.96. The number of pyridine rings is 1. The highest BCUT2D eigenvalue weighted by Crippen LogP contribution is 2.45. The first kappa shape index (κ1) is 19.2. The Bertz CT molecular complexity index is 1280. The van der Waals surface area contributed by atoms with Crippen LogP contribution in [0.5, 0.6) is 5.75 Å². The Morgan fingerprint density at radius 3 is 2.67 bits per heavy atom. The summed E-state index contributed by atoms with van der Waals surface area (Å²) in [5.41, 5.74) is 5.85. The summed E-state index contributed by atoms with van der Waals surface area (Å²) in [6.07, 6.45) is 0. The van der Waals surface area contributed by atoms with Gasteiger partial charge in [-0.05, 0) is 19.1 Å². The molecule has 1 aliphatic heterocycles. The molecule has 30 heavy (non-hydrogen) atoms. The summed E-state index contributed by atoms with van der Waals surface area (Å²) in [6, 6.07) is 12.8. The lowest BCUT2D eigenvalue weighted by Gasteiger charge is -2.28. The number of nitrogens with two attached hydrogens (primary N) is 1. The van der Waals surface area contributed by atoms with Crippen LogP contribution in [0.3, 0.4) is 0 Å². The number of carbonyl (C=O) groups is 1. The lowest BCUT2D eigenvalue weighted by molar-refractivity contribution is -0.385. The fraction of sp³-hybridized carbons (Fsp3) is 0.143. The number of aromatic amines is 1. The van der Waals surface area contributed by atoms with Gasteiger partial charge in [0.1, 0.15) is 11.3 Å².